The van der Waals surface area contributed by atoms with Crippen molar-refractivity contribution in [2.24, 2.45) is 5.92 Å². The predicted molar refractivity (Wildman–Crippen MR) is 53.4 cm³/mol. The van der Waals surface area contributed by atoms with Gasteiger partial charge in [-0.25, -0.2) is 4.98 Å². The molecule has 2 nitrogen and oxygen atoms in total. The SMILES string of the molecule is CC1CCCC1c1nc(Br)ns1. The maximum absolute atomic E-state index is 4.37. The summed E-state index contributed by atoms with van der Waals surface area (Å²) in [6.45, 7) is 2.31. The fourth-order valence-corrected chi connectivity index (χ4v) is 3.23. The Balaban J connectivity index is 2.19. The van der Waals surface area contributed by atoms with Gasteiger partial charge in [-0.2, -0.15) is 4.37 Å². The fourth-order valence-electron chi connectivity index (χ4n) is 1.88. The smallest absolute Gasteiger partial charge is 0.209 e. The molecule has 1 saturated carbocycles. The summed E-state index contributed by atoms with van der Waals surface area (Å²) < 4.78 is 4.89. The molecule has 66 valence electrons. The van der Waals surface area contributed by atoms with E-state index in [2.05, 4.69) is 32.2 Å². The maximum atomic E-state index is 4.37. The molecule has 1 aliphatic carbocycles. The van der Waals surface area contributed by atoms with Crippen molar-refractivity contribution in [3.8, 4) is 0 Å². The van der Waals surface area contributed by atoms with Crippen LogP contribution in [-0.4, -0.2) is 9.36 Å². The van der Waals surface area contributed by atoms with E-state index in [0.717, 1.165) is 10.7 Å². The first-order chi connectivity index (χ1) is 5.77. The van der Waals surface area contributed by atoms with Crippen LogP contribution in [0.5, 0.6) is 0 Å². The molecule has 0 aliphatic heterocycles. The van der Waals surface area contributed by atoms with Gasteiger partial charge in [0.2, 0.25) is 4.73 Å². The van der Waals surface area contributed by atoms with E-state index in [9.17, 15) is 0 Å². The molecule has 0 aromatic carbocycles. The molecule has 1 heterocycles. The van der Waals surface area contributed by atoms with E-state index in [-0.39, 0.29) is 0 Å². The van der Waals surface area contributed by atoms with E-state index in [1.807, 2.05) is 0 Å². The Bertz CT molecular complexity index is 274. The van der Waals surface area contributed by atoms with Gasteiger partial charge in [-0.05, 0) is 39.8 Å². The van der Waals surface area contributed by atoms with E-state index in [1.54, 1.807) is 11.5 Å². The second-order valence-corrected chi connectivity index (χ2v) is 4.91. The molecule has 0 amide bonds. The number of rotatable bonds is 1. The van der Waals surface area contributed by atoms with Crippen LogP contribution in [0.1, 0.15) is 37.1 Å². The summed E-state index contributed by atoms with van der Waals surface area (Å²) in [7, 11) is 0. The molecule has 2 unspecified atom stereocenters. The topological polar surface area (TPSA) is 25.8 Å². The highest BCUT2D eigenvalue weighted by Gasteiger charge is 2.27. The standard InChI is InChI=1S/C8H11BrN2S/c1-5-3-2-4-6(5)7-10-8(9)11-12-7/h5-6H,2-4H2,1H3. The van der Waals surface area contributed by atoms with Crippen LogP contribution < -0.4 is 0 Å². The van der Waals surface area contributed by atoms with Gasteiger partial charge in [0, 0.05) is 5.92 Å². The van der Waals surface area contributed by atoms with Crippen LogP contribution in [0.15, 0.2) is 4.73 Å². The van der Waals surface area contributed by atoms with Crippen molar-refractivity contribution in [2.45, 2.75) is 32.1 Å². The summed E-state index contributed by atoms with van der Waals surface area (Å²) in [6, 6.07) is 0. The fraction of sp³-hybridized carbons (Fsp3) is 0.750. The Labute approximate surface area is 84.7 Å². The Hall–Kier alpha value is 0.0400. The largest absolute Gasteiger partial charge is 0.214 e. The van der Waals surface area contributed by atoms with Gasteiger partial charge in [-0.1, -0.05) is 19.8 Å². The zero-order valence-electron chi connectivity index (χ0n) is 6.96. The normalized spacial score (nSPS) is 29.5. The molecule has 1 aliphatic rings. The minimum atomic E-state index is 0.675. The van der Waals surface area contributed by atoms with E-state index < -0.39 is 0 Å². The van der Waals surface area contributed by atoms with Gasteiger partial charge in [0.1, 0.15) is 5.01 Å². The molecule has 0 bridgehead atoms. The van der Waals surface area contributed by atoms with Crippen LogP contribution in [0, 0.1) is 5.92 Å². The molecule has 12 heavy (non-hydrogen) atoms. The average molecular weight is 247 g/mol. The highest BCUT2D eigenvalue weighted by Crippen LogP contribution is 2.39. The number of hydrogen-bond acceptors (Lipinski definition) is 3. The lowest BCUT2D eigenvalue weighted by atomic mass is 9.99. The number of halogens is 1. The van der Waals surface area contributed by atoms with Gasteiger partial charge < -0.3 is 0 Å². The third kappa shape index (κ3) is 1.55. The Morgan fingerprint density at radius 1 is 1.50 bits per heavy atom. The third-order valence-electron chi connectivity index (χ3n) is 2.60. The molecule has 2 rings (SSSR count). The Morgan fingerprint density at radius 3 is 2.83 bits per heavy atom. The Kier molecular flexibility index (Phi) is 2.46. The highest BCUT2D eigenvalue weighted by molar-refractivity contribution is 9.10. The first-order valence-corrected chi connectivity index (χ1v) is 5.83. The van der Waals surface area contributed by atoms with E-state index in [0.29, 0.717) is 5.92 Å². The van der Waals surface area contributed by atoms with E-state index >= 15 is 0 Å². The molecule has 4 heteroatoms. The van der Waals surface area contributed by atoms with Gasteiger partial charge in [-0.3, -0.25) is 0 Å². The summed E-state index contributed by atoms with van der Waals surface area (Å²) in [5.41, 5.74) is 0. The van der Waals surface area contributed by atoms with Crippen molar-refractivity contribution in [3.63, 3.8) is 0 Å². The van der Waals surface area contributed by atoms with Crippen molar-refractivity contribution >= 4 is 27.5 Å². The summed E-state index contributed by atoms with van der Waals surface area (Å²) in [4.78, 5) is 4.37. The van der Waals surface area contributed by atoms with Crippen molar-refractivity contribution in [3.05, 3.63) is 9.74 Å². The average Bonchev–Trinajstić information content (AvgIpc) is 2.58. The van der Waals surface area contributed by atoms with E-state index in [4.69, 9.17) is 0 Å². The summed E-state index contributed by atoms with van der Waals surface area (Å²) >= 11 is 4.83. The molecule has 1 aromatic rings. The lowest BCUT2D eigenvalue weighted by molar-refractivity contribution is 0.530. The second-order valence-electron chi connectivity index (χ2n) is 3.42. The number of nitrogens with zero attached hydrogens (tertiary/aromatic N) is 2. The lowest BCUT2D eigenvalue weighted by Crippen LogP contribution is -2.00. The van der Waals surface area contributed by atoms with Gasteiger partial charge in [0.15, 0.2) is 0 Å². The highest BCUT2D eigenvalue weighted by atomic mass is 79.9. The summed E-state index contributed by atoms with van der Waals surface area (Å²) in [6.07, 6.45) is 3.99. The second kappa shape index (κ2) is 3.42. The molecule has 1 aromatic heterocycles. The monoisotopic (exact) mass is 246 g/mol. The van der Waals surface area contributed by atoms with Crippen molar-refractivity contribution in [2.75, 3.05) is 0 Å². The Morgan fingerprint density at radius 2 is 2.33 bits per heavy atom. The summed E-state index contributed by atoms with van der Waals surface area (Å²) in [5, 5.41) is 1.21. The van der Waals surface area contributed by atoms with Gasteiger partial charge >= 0.3 is 0 Å². The van der Waals surface area contributed by atoms with Crippen molar-refractivity contribution in [1.29, 1.82) is 0 Å². The molecule has 0 radical (unpaired) electrons. The maximum Gasteiger partial charge on any atom is 0.209 e. The minimum Gasteiger partial charge on any atom is -0.214 e. The van der Waals surface area contributed by atoms with E-state index in [1.165, 1.54) is 24.3 Å². The summed E-state index contributed by atoms with van der Waals surface area (Å²) in [5.74, 6) is 1.47. The molecule has 0 spiro atoms. The third-order valence-corrected chi connectivity index (χ3v) is 4.03. The van der Waals surface area contributed by atoms with Crippen LogP contribution >= 0.6 is 27.5 Å². The van der Waals surface area contributed by atoms with Gasteiger partial charge in [0.25, 0.3) is 0 Å². The van der Waals surface area contributed by atoms with Crippen LogP contribution in [-0.2, 0) is 0 Å². The molecule has 0 N–H and O–H groups in total. The van der Waals surface area contributed by atoms with Crippen LogP contribution in [0.3, 0.4) is 0 Å². The minimum absolute atomic E-state index is 0.675. The zero-order chi connectivity index (χ0) is 8.55. The quantitative estimate of drug-likeness (QED) is 0.761. The molecule has 2 atom stereocenters. The molecular formula is C8H11BrN2S. The zero-order valence-corrected chi connectivity index (χ0v) is 9.36. The van der Waals surface area contributed by atoms with Gasteiger partial charge in [-0.15, -0.1) is 0 Å². The molecular weight excluding hydrogens is 236 g/mol. The first-order valence-electron chi connectivity index (χ1n) is 4.26. The van der Waals surface area contributed by atoms with Crippen LogP contribution in [0.2, 0.25) is 0 Å². The van der Waals surface area contributed by atoms with Crippen molar-refractivity contribution in [1.82, 2.24) is 9.36 Å². The number of aromatic nitrogens is 2. The first kappa shape index (κ1) is 8.63. The van der Waals surface area contributed by atoms with Crippen LogP contribution in [0.25, 0.3) is 0 Å². The predicted octanol–water partition coefficient (Wildman–Crippen LogP) is 3.20. The van der Waals surface area contributed by atoms with Gasteiger partial charge in [0.05, 0.1) is 0 Å². The van der Waals surface area contributed by atoms with Crippen molar-refractivity contribution < 1.29 is 0 Å². The van der Waals surface area contributed by atoms with Crippen LogP contribution in [0.4, 0.5) is 0 Å². The number of hydrogen-bond donors (Lipinski definition) is 0. The lowest BCUT2D eigenvalue weighted by Gasteiger charge is -2.09. The molecule has 0 saturated heterocycles. The molecule has 1 fully saturated rings.